The lowest BCUT2D eigenvalue weighted by atomic mass is 10.1. The second-order valence-corrected chi connectivity index (χ2v) is 4.95. The Bertz CT molecular complexity index is 307. The van der Waals surface area contributed by atoms with E-state index in [9.17, 15) is 0 Å². The minimum Gasteiger partial charge on any atom is -0.310 e. The summed E-state index contributed by atoms with van der Waals surface area (Å²) in [5, 5.41) is 3.57. The average molecular weight is 254 g/mol. The van der Waals surface area contributed by atoms with Gasteiger partial charge in [0.25, 0.3) is 0 Å². The molecular formula is C12H16BrN. The fourth-order valence-electron chi connectivity index (χ4n) is 1.60. The van der Waals surface area contributed by atoms with Gasteiger partial charge in [-0.05, 0) is 43.9 Å². The molecule has 0 saturated heterocycles. The molecule has 1 nitrogen and oxygen atoms in total. The predicted molar refractivity (Wildman–Crippen MR) is 63.3 cm³/mol. The first-order valence-corrected chi connectivity index (χ1v) is 6.04. The second kappa shape index (κ2) is 4.45. The molecule has 0 radical (unpaired) electrons. The smallest absolute Gasteiger partial charge is 0.0303 e. The van der Waals surface area contributed by atoms with Crippen molar-refractivity contribution in [2.45, 2.75) is 25.8 Å². The minimum atomic E-state index is 0.450. The van der Waals surface area contributed by atoms with Crippen LogP contribution in [0.5, 0.6) is 0 Å². The highest BCUT2D eigenvalue weighted by atomic mass is 79.9. The van der Waals surface area contributed by atoms with Gasteiger partial charge >= 0.3 is 0 Å². The molecule has 0 bridgehead atoms. The average Bonchev–Trinajstić information content (AvgIpc) is 2.98. The van der Waals surface area contributed by atoms with Gasteiger partial charge in [0.05, 0.1) is 0 Å². The van der Waals surface area contributed by atoms with Gasteiger partial charge in [-0.15, -0.1) is 0 Å². The third kappa shape index (κ3) is 2.58. The molecule has 0 unspecified atom stereocenters. The molecule has 2 rings (SSSR count). The number of hydrogen-bond acceptors (Lipinski definition) is 1. The zero-order chi connectivity index (χ0) is 9.97. The van der Waals surface area contributed by atoms with Crippen molar-refractivity contribution in [2.75, 3.05) is 6.54 Å². The zero-order valence-electron chi connectivity index (χ0n) is 8.46. The van der Waals surface area contributed by atoms with Crippen LogP contribution in [0.3, 0.4) is 0 Å². The van der Waals surface area contributed by atoms with Crippen molar-refractivity contribution >= 4 is 15.9 Å². The van der Waals surface area contributed by atoms with Gasteiger partial charge in [0.2, 0.25) is 0 Å². The Hall–Kier alpha value is -0.340. The van der Waals surface area contributed by atoms with Crippen LogP contribution >= 0.6 is 15.9 Å². The molecular weight excluding hydrogens is 238 g/mol. The molecule has 0 spiro atoms. The molecule has 0 amide bonds. The molecule has 1 aromatic carbocycles. The van der Waals surface area contributed by atoms with Crippen molar-refractivity contribution < 1.29 is 0 Å². The van der Waals surface area contributed by atoms with Crippen LogP contribution < -0.4 is 5.32 Å². The Balaban J connectivity index is 1.95. The molecule has 76 valence electrons. The summed E-state index contributed by atoms with van der Waals surface area (Å²) in [5.74, 6) is 0.944. The third-order valence-corrected chi connectivity index (χ3v) is 3.50. The molecule has 1 saturated carbocycles. The van der Waals surface area contributed by atoms with E-state index in [1.54, 1.807) is 0 Å². The molecule has 1 aliphatic rings. The van der Waals surface area contributed by atoms with Crippen molar-refractivity contribution in [1.82, 2.24) is 5.32 Å². The summed E-state index contributed by atoms with van der Waals surface area (Å²) in [4.78, 5) is 0. The van der Waals surface area contributed by atoms with E-state index in [1.165, 1.54) is 29.4 Å². The van der Waals surface area contributed by atoms with Gasteiger partial charge in [0.15, 0.2) is 0 Å². The van der Waals surface area contributed by atoms with Gasteiger partial charge < -0.3 is 5.32 Å². The van der Waals surface area contributed by atoms with Crippen LogP contribution in [0.2, 0.25) is 0 Å². The lowest BCUT2D eigenvalue weighted by molar-refractivity contribution is 0.547. The molecule has 1 fully saturated rings. The predicted octanol–water partition coefficient (Wildman–Crippen LogP) is 3.51. The summed E-state index contributed by atoms with van der Waals surface area (Å²) in [6.07, 6.45) is 2.82. The Labute approximate surface area is 94.0 Å². The van der Waals surface area contributed by atoms with Crippen LogP contribution in [-0.4, -0.2) is 6.54 Å². The highest BCUT2D eigenvalue weighted by Crippen LogP contribution is 2.29. The zero-order valence-corrected chi connectivity index (χ0v) is 10.0. The summed E-state index contributed by atoms with van der Waals surface area (Å²) in [6.45, 7) is 3.39. The van der Waals surface area contributed by atoms with Crippen LogP contribution in [0.1, 0.15) is 31.4 Å². The standard InChI is InChI=1S/C12H16BrN/c1-9(14-8-10-6-7-10)11-4-2-3-5-12(11)13/h2-5,9-10,14H,6-8H2,1H3/t9-/m1/s1. The van der Waals surface area contributed by atoms with Crippen molar-refractivity contribution in [3.63, 3.8) is 0 Å². The SMILES string of the molecule is C[C@@H](NCC1CC1)c1ccccc1Br. The monoisotopic (exact) mass is 253 g/mol. The lowest BCUT2D eigenvalue weighted by Gasteiger charge is -2.15. The van der Waals surface area contributed by atoms with Crippen LogP contribution in [0, 0.1) is 5.92 Å². The number of rotatable bonds is 4. The highest BCUT2D eigenvalue weighted by Gasteiger charge is 2.21. The first-order chi connectivity index (χ1) is 6.77. The largest absolute Gasteiger partial charge is 0.310 e. The lowest BCUT2D eigenvalue weighted by Crippen LogP contribution is -2.21. The summed E-state index contributed by atoms with van der Waals surface area (Å²) in [7, 11) is 0. The van der Waals surface area contributed by atoms with Crippen molar-refractivity contribution in [3.05, 3.63) is 34.3 Å². The number of hydrogen-bond donors (Lipinski definition) is 1. The first-order valence-electron chi connectivity index (χ1n) is 5.25. The van der Waals surface area contributed by atoms with Crippen molar-refractivity contribution in [3.8, 4) is 0 Å². The normalized spacial score (nSPS) is 18.1. The van der Waals surface area contributed by atoms with E-state index in [0.29, 0.717) is 6.04 Å². The summed E-state index contributed by atoms with van der Waals surface area (Å²) >= 11 is 3.58. The number of halogens is 1. The number of nitrogens with one attached hydrogen (secondary N) is 1. The Kier molecular flexibility index (Phi) is 3.24. The maximum absolute atomic E-state index is 3.58. The number of benzene rings is 1. The van der Waals surface area contributed by atoms with Gasteiger partial charge in [0, 0.05) is 10.5 Å². The molecule has 1 aromatic rings. The minimum absolute atomic E-state index is 0.450. The topological polar surface area (TPSA) is 12.0 Å². The summed E-state index contributed by atoms with van der Waals surface area (Å²) in [6, 6.07) is 8.88. The van der Waals surface area contributed by atoms with Crippen LogP contribution in [-0.2, 0) is 0 Å². The molecule has 1 atom stereocenters. The van der Waals surface area contributed by atoms with E-state index >= 15 is 0 Å². The maximum Gasteiger partial charge on any atom is 0.0303 e. The summed E-state index contributed by atoms with van der Waals surface area (Å²) < 4.78 is 1.20. The van der Waals surface area contributed by atoms with Gasteiger partial charge in [-0.25, -0.2) is 0 Å². The van der Waals surface area contributed by atoms with E-state index in [-0.39, 0.29) is 0 Å². The van der Waals surface area contributed by atoms with Crippen LogP contribution in [0.4, 0.5) is 0 Å². The van der Waals surface area contributed by atoms with Gasteiger partial charge in [-0.1, -0.05) is 34.1 Å². The molecule has 0 heterocycles. The highest BCUT2D eigenvalue weighted by molar-refractivity contribution is 9.10. The van der Waals surface area contributed by atoms with Crippen LogP contribution in [0.25, 0.3) is 0 Å². The maximum atomic E-state index is 3.58. The molecule has 0 aromatic heterocycles. The molecule has 1 aliphatic carbocycles. The van der Waals surface area contributed by atoms with Gasteiger partial charge in [0.1, 0.15) is 0 Å². The molecule has 2 heteroatoms. The van der Waals surface area contributed by atoms with Crippen LogP contribution in [0.15, 0.2) is 28.7 Å². The molecule has 1 N–H and O–H groups in total. The summed E-state index contributed by atoms with van der Waals surface area (Å²) in [5.41, 5.74) is 1.35. The Morgan fingerprint density at radius 2 is 2.14 bits per heavy atom. The van der Waals surface area contributed by atoms with E-state index in [4.69, 9.17) is 0 Å². The fraction of sp³-hybridized carbons (Fsp3) is 0.500. The molecule has 14 heavy (non-hydrogen) atoms. The van der Waals surface area contributed by atoms with Crippen molar-refractivity contribution in [1.29, 1.82) is 0 Å². The van der Waals surface area contributed by atoms with E-state index < -0.39 is 0 Å². The van der Waals surface area contributed by atoms with E-state index in [1.807, 2.05) is 0 Å². The Morgan fingerprint density at radius 1 is 1.43 bits per heavy atom. The van der Waals surface area contributed by atoms with Gasteiger partial charge in [-0.3, -0.25) is 0 Å². The second-order valence-electron chi connectivity index (χ2n) is 4.09. The Morgan fingerprint density at radius 3 is 2.79 bits per heavy atom. The third-order valence-electron chi connectivity index (χ3n) is 2.78. The fourth-order valence-corrected chi connectivity index (χ4v) is 2.23. The van der Waals surface area contributed by atoms with Crippen molar-refractivity contribution in [2.24, 2.45) is 5.92 Å². The molecule has 0 aliphatic heterocycles. The van der Waals surface area contributed by atoms with E-state index in [2.05, 4.69) is 52.4 Å². The quantitative estimate of drug-likeness (QED) is 0.866. The first kappa shape index (κ1) is 10.2. The van der Waals surface area contributed by atoms with E-state index in [0.717, 1.165) is 5.92 Å². The van der Waals surface area contributed by atoms with Gasteiger partial charge in [-0.2, -0.15) is 0 Å².